The predicted octanol–water partition coefficient (Wildman–Crippen LogP) is 7.15. The van der Waals surface area contributed by atoms with E-state index in [2.05, 4.69) is 72.1 Å². The van der Waals surface area contributed by atoms with Gasteiger partial charge in [0.2, 0.25) is 0 Å². The summed E-state index contributed by atoms with van der Waals surface area (Å²) in [5.41, 5.74) is 5.80. The van der Waals surface area contributed by atoms with E-state index in [4.69, 9.17) is 21.1 Å². The van der Waals surface area contributed by atoms with Crippen LogP contribution in [0.5, 0.6) is 11.5 Å². The fourth-order valence-corrected chi connectivity index (χ4v) is 4.07. The highest BCUT2D eigenvalue weighted by Gasteiger charge is 2.13. The molecule has 1 N–H and O–H groups in total. The number of hydrogen-bond acceptors (Lipinski definition) is 3. The molecule has 29 heavy (non-hydrogen) atoms. The maximum absolute atomic E-state index is 6.10. The minimum Gasteiger partial charge on any atom is -0.490 e. The molecular formula is C24H25ClINO2. The highest BCUT2D eigenvalue weighted by Crippen LogP contribution is 2.35. The lowest BCUT2D eigenvalue weighted by Crippen LogP contribution is -2.05. The molecule has 0 atom stereocenters. The molecule has 3 nitrogen and oxygen atoms in total. The minimum absolute atomic E-state index is 0.441. The molecule has 0 aliphatic rings. The van der Waals surface area contributed by atoms with Crippen LogP contribution in [0.1, 0.15) is 29.2 Å². The predicted molar refractivity (Wildman–Crippen MR) is 129 cm³/mol. The van der Waals surface area contributed by atoms with Gasteiger partial charge in [-0.2, -0.15) is 0 Å². The summed E-state index contributed by atoms with van der Waals surface area (Å²) in [4.78, 5) is 0. The Balaban J connectivity index is 1.77. The second kappa shape index (κ2) is 10.2. The smallest absolute Gasteiger partial charge is 0.174 e. The van der Waals surface area contributed by atoms with Crippen molar-refractivity contribution in [1.82, 2.24) is 0 Å². The number of rotatable bonds is 8. The first-order valence-corrected chi connectivity index (χ1v) is 11.1. The molecule has 0 spiro atoms. The quantitative estimate of drug-likeness (QED) is 0.319. The van der Waals surface area contributed by atoms with Gasteiger partial charge in [0.15, 0.2) is 11.5 Å². The number of halogens is 2. The molecule has 0 unspecified atom stereocenters. The van der Waals surface area contributed by atoms with Gasteiger partial charge in [-0.25, -0.2) is 0 Å². The Hall–Kier alpha value is -1.92. The highest BCUT2D eigenvalue weighted by atomic mass is 127. The van der Waals surface area contributed by atoms with Gasteiger partial charge < -0.3 is 14.8 Å². The highest BCUT2D eigenvalue weighted by molar-refractivity contribution is 14.1. The molecule has 0 aliphatic heterocycles. The van der Waals surface area contributed by atoms with Crippen molar-refractivity contribution < 1.29 is 9.47 Å². The van der Waals surface area contributed by atoms with Crippen molar-refractivity contribution in [3.8, 4) is 11.5 Å². The third kappa shape index (κ3) is 6.03. The SMILES string of the molecule is CCOc1cc(CNc2cc(C)ccc2C)cc(I)c1OCc1cccc(Cl)c1. The van der Waals surface area contributed by atoms with Crippen molar-refractivity contribution in [2.24, 2.45) is 0 Å². The van der Waals surface area contributed by atoms with Crippen molar-refractivity contribution in [2.75, 3.05) is 11.9 Å². The topological polar surface area (TPSA) is 30.5 Å². The summed E-state index contributed by atoms with van der Waals surface area (Å²) >= 11 is 8.39. The van der Waals surface area contributed by atoms with E-state index in [0.717, 1.165) is 38.4 Å². The molecule has 152 valence electrons. The first-order valence-electron chi connectivity index (χ1n) is 9.60. The fourth-order valence-electron chi connectivity index (χ4n) is 3.03. The van der Waals surface area contributed by atoms with Crippen molar-refractivity contribution in [3.05, 3.63) is 85.4 Å². The molecular weight excluding hydrogens is 497 g/mol. The van der Waals surface area contributed by atoms with Crippen LogP contribution in [-0.4, -0.2) is 6.61 Å². The summed E-state index contributed by atoms with van der Waals surface area (Å²) in [6, 6.07) is 18.3. The molecule has 0 aliphatic carbocycles. The standard InChI is InChI=1S/C24H25ClINO2/c1-4-28-23-13-19(14-27-22-10-16(2)8-9-17(22)3)12-21(26)24(23)29-15-18-6-5-7-20(25)11-18/h5-13,27H,4,14-15H2,1-3H3. The summed E-state index contributed by atoms with van der Waals surface area (Å²) in [5, 5.41) is 4.24. The number of ether oxygens (including phenoxy) is 2. The van der Waals surface area contributed by atoms with Gasteiger partial charge in [0.1, 0.15) is 6.61 Å². The van der Waals surface area contributed by atoms with Crippen LogP contribution in [0.15, 0.2) is 54.6 Å². The second-order valence-electron chi connectivity index (χ2n) is 6.93. The van der Waals surface area contributed by atoms with Gasteiger partial charge in [0.25, 0.3) is 0 Å². The van der Waals surface area contributed by atoms with Crippen LogP contribution in [-0.2, 0) is 13.2 Å². The van der Waals surface area contributed by atoms with Crippen molar-refractivity contribution in [1.29, 1.82) is 0 Å². The molecule has 5 heteroatoms. The fraction of sp³-hybridized carbons (Fsp3) is 0.250. The summed E-state index contributed by atoms with van der Waals surface area (Å²) in [5.74, 6) is 1.53. The van der Waals surface area contributed by atoms with Gasteiger partial charge in [-0.3, -0.25) is 0 Å². The maximum Gasteiger partial charge on any atom is 0.174 e. The van der Waals surface area contributed by atoms with E-state index in [1.807, 2.05) is 31.2 Å². The number of nitrogens with one attached hydrogen (secondary N) is 1. The van der Waals surface area contributed by atoms with Crippen LogP contribution in [0, 0.1) is 17.4 Å². The molecule has 0 saturated heterocycles. The largest absolute Gasteiger partial charge is 0.490 e. The second-order valence-corrected chi connectivity index (χ2v) is 8.53. The zero-order valence-electron chi connectivity index (χ0n) is 16.9. The normalized spacial score (nSPS) is 10.7. The molecule has 0 heterocycles. The number of hydrogen-bond donors (Lipinski definition) is 1. The first-order chi connectivity index (χ1) is 14.0. The summed E-state index contributed by atoms with van der Waals surface area (Å²) in [7, 11) is 0. The van der Waals surface area contributed by atoms with Crippen LogP contribution in [0.4, 0.5) is 5.69 Å². The van der Waals surface area contributed by atoms with E-state index >= 15 is 0 Å². The van der Waals surface area contributed by atoms with E-state index in [1.165, 1.54) is 11.1 Å². The molecule has 0 aromatic heterocycles. The molecule has 0 fully saturated rings. The molecule has 0 amide bonds. The molecule has 0 saturated carbocycles. The van der Waals surface area contributed by atoms with Gasteiger partial charge in [-0.05, 0) is 95.9 Å². The minimum atomic E-state index is 0.441. The van der Waals surface area contributed by atoms with Crippen molar-refractivity contribution in [3.63, 3.8) is 0 Å². The average Bonchev–Trinajstić information content (AvgIpc) is 2.68. The molecule has 0 radical (unpaired) electrons. The Morgan fingerprint density at radius 2 is 1.79 bits per heavy atom. The lowest BCUT2D eigenvalue weighted by atomic mass is 10.1. The van der Waals surface area contributed by atoms with Gasteiger partial charge in [-0.15, -0.1) is 0 Å². The van der Waals surface area contributed by atoms with Gasteiger partial charge >= 0.3 is 0 Å². The van der Waals surface area contributed by atoms with Crippen LogP contribution >= 0.6 is 34.2 Å². The molecule has 3 rings (SSSR count). The van der Waals surface area contributed by atoms with Crippen molar-refractivity contribution in [2.45, 2.75) is 33.9 Å². The Morgan fingerprint density at radius 3 is 2.55 bits per heavy atom. The van der Waals surface area contributed by atoms with E-state index in [0.29, 0.717) is 18.2 Å². The number of anilines is 1. The van der Waals surface area contributed by atoms with E-state index in [1.54, 1.807) is 0 Å². The zero-order chi connectivity index (χ0) is 20.8. The lowest BCUT2D eigenvalue weighted by Gasteiger charge is -2.17. The number of benzene rings is 3. The third-order valence-corrected chi connectivity index (χ3v) is 5.55. The van der Waals surface area contributed by atoms with Crippen LogP contribution in [0.25, 0.3) is 0 Å². The number of aryl methyl sites for hydroxylation is 2. The van der Waals surface area contributed by atoms with E-state index < -0.39 is 0 Å². The lowest BCUT2D eigenvalue weighted by molar-refractivity contribution is 0.267. The summed E-state index contributed by atoms with van der Waals surface area (Å²) in [6.45, 7) is 7.94. The van der Waals surface area contributed by atoms with Crippen LogP contribution in [0.3, 0.4) is 0 Å². The zero-order valence-corrected chi connectivity index (χ0v) is 19.8. The average molecular weight is 522 g/mol. The van der Waals surface area contributed by atoms with Gasteiger partial charge in [0, 0.05) is 17.3 Å². The van der Waals surface area contributed by atoms with E-state index in [-0.39, 0.29) is 0 Å². The summed E-state index contributed by atoms with van der Waals surface area (Å²) < 4.78 is 13.0. The molecule has 3 aromatic rings. The first kappa shape index (κ1) is 21.8. The summed E-state index contributed by atoms with van der Waals surface area (Å²) in [6.07, 6.45) is 0. The monoisotopic (exact) mass is 521 g/mol. The third-order valence-electron chi connectivity index (χ3n) is 4.52. The Morgan fingerprint density at radius 1 is 0.966 bits per heavy atom. The van der Waals surface area contributed by atoms with Crippen molar-refractivity contribution >= 4 is 39.9 Å². The molecule has 3 aromatic carbocycles. The van der Waals surface area contributed by atoms with Gasteiger partial charge in [0.05, 0.1) is 10.2 Å². The Bertz CT molecular complexity index is 991. The Kier molecular flexibility index (Phi) is 7.67. The van der Waals surface area contributed by atoms with Gasteiger partial charge in [-0.1, -0.05) is 35.9 Å². The van der Waals surface area contributed by atoms with E-state index in [9.17, 15) is 0 Å². The van der Waals surface area contributed by atoms with Crippen LogP contribution in [0.2, 0.25) is 5.02 Å². The Labute approximate surface area is 191 Å². The maximum atomic E-state index is 6.10. The molecule has 0 bridgehead atoms. The van der Waals surface area contributed by atoms with Crippen LogP contribution < -0.4 is 14.8 Å².